The number of nitrogens with one attached hydrogen (secondary N) is 1. The molecule has 7 heteroatoms. The number of hydrogen-bond donors (Lipinski definition) is 2. The van der Waals surface area contributed by atoms with E-state index in [1.54, 1.807) is 5.32 Å². The van der Waals surface area contributed by atoms with E-state index in [9.17, 15) is 22.8 Å². The van der Waals surface area contributed by atoms with Gasteiger partial charge in [0, 0.05) is 6.54 Å². The highest BCUT2D eigenvalue weighted by molar-refractivity contribution is 5.81. The van der Waals surface area contributed by atoms with E-state index in [1.807, 2.05) is 0 Å². The van der Waals surface area contributed by atoms with E-state index in [4.69, 9.17) is 5.11 Å². The summed E-state index contributed by atoms with van der Waals surface area (Å²) in [4.78, 5) is 20.7. The van der Waals surface area contributed by atoms with Crippen LogP contribution < -0.4 is 5.32 Å². The van der Waals surface area contributed by atoms with Crippen molar-refractivity contribution in [2.75, 3.05) is 6.54 Å². The second kappa shape index (κ2) is 4.50. The normalized spacial score (nSPS) is 12.3. The molecule has 0 saturated heterocycles. The molecule has 0 aliphatic heterocycles. The molecule has 0 unspecified atom stereocenters. The van der Waals surface area contributed by atoms with Crippen molar-refractivity contribution in [2.24, 2.45) is 5.41 Å². The number of carbonyl (C=O) groups is 2. The van der Waals surface area contributed by atoms with Gasteiger partial charge in [-0.25, -0.2) is 0 Å². The number of alkyl halides is 3. The van der Waals surface area contributed by atoms with Gasteiger partial charge in [0.2, 0.25) is 0 Å². The van der Waals surface area contributed by atoms with Crippen molar-refractivity contribution in [2.45, 2.75) is 26.4 Å². The van der Waals surface area contributed by atoms with Gasteiger partial charge in [0.15, 0.2) is 0 Å². The second-order valence-corrected chi connectivity index (χ2v) is 3.92. The van der Waals surface area contributed by atoms with Crippen LogP contribution >= 0.6 is 0 Å². The molecule has 88 valence electrons. The monoisotopic (exact) mass is 227 g/mol. The number of carboxylic acids is 1. The molecule has 1 amide bonds. The first kappa shape index (κ1) is 13.7. The minimum Gasteiger partial charge on any atom is -0.481 e. The molecule has 0 fully saturated rings. The summed E-state index contributed by atoms with van der Waals surface area (Å²) in [5.41, 5.74) is -0.910. The number of aliphatic carboxylic acids is 1. The Kier molecular flexibility index (Phi) is 4.12. The standard InChI is InChI=1S/C8H12F3NO3/c1-7(2,3-5(13)14)4-12-6(15)8(9,10)11/h3-4H2,1-2H3,(H,12,15)(H,13,14). The second-order valence-electron chi connectivity index (χ2n) is 3.92. The molecular weight excluding hydrogens is 215 g/mol. The van der Waals surface area contributed by atoms with Crippen LogP contribution in [0, 0.1) is 5.41 Å². The summed E-state index contributed by atoms with van der Waals surface area (Å²) in [5, 5.41) is 10.1. The Labute approximate surface area is 84.5 Å². The molecule has 0 aromatic heterocycles. The number of rotatable bonds is 4. The zero-order chi connectivity index (χ0) is 12.3. The van der Waals surface area contributed by atoms with Gasteiger partial charge in [0.25, 0.3) is 0 Å². The fourth-order valence-corrected chi connectivity index (χ4v) is 0.892. The average molecular weight is 227 g/mol. The summed E-state index contributed by atoms with van der Waals surface area (Å²) < 4.78 is 35.3. The van der Waals surface area contributed by atoms with Crippen LogP contribution in [0.25, 0.3) is 0 Å². The molecule has 0 aromatic rings. The molecule has 2 N–H and O–H groups in total. The van der Waals surface area contributed by atoms with E-state index in [2.05, 4.69) is 0 Å². The molecule has 0 aromatic carbocycles. The van der Waals surface area contributed by atoms with Crippen LogP contribution in [-0.2, 0) is 9.59 Å². The third-order valence-electron chi connectivity index (χ3n) is 1.61. The highest BCUT2D eigenvalue weighted by Crippen LogP contribution is 2.20. The molecule has 0 bridgehead atoms. The minimum absolute atomic E-state index is 0.314. The number of carbonyl (C=O) groups excluding carboxylic acids is 1. The summed E-state index contributed by atoms with van der Waals surface area (Å²) in [6.07, 6.45) is -5.25. The zero-order valence-electron chi connectivity index (χ0n) is 8.31. The molecule has 0 spiro atoms. The maximum Gasteiger partial charge on any atom is 0.471 e. The quantitative estimate of drug-likeness (QED) is 0.757. The van der Waals surface area contributed by atoms with E-state index in [0.29, 0.717) is 0 Å². The van der Waals surface area contributed by atoms with Gasteiger partial charge in [-0.1, -0.05) is 13.8 Å². The smallest absolute Gasteiger partial charge is 0.471 e. The van der Waals surface area contributed by atoms with Crippen molar-refractivity contribution >= 4 is 11.9 Å². The predicted octanol–water partition coefficient (Wildman–Crippen LogP) is 1.17. The van der Waals surface area contributed by atoms with Gasteiger partial charge < -0.3 is 10.4 Å². The van der Waals surface area contributed by atoms with Gasteiger partial charge in [-0.3, -0.25) is 9.59 Å². The molecule has 0 heterocycles. The molecule has 0 rings (SSSR count). The Bertz CT molecular complexity index is 260. The SMILES string of the molecule is CC(C)(CNC(=O)C(F)(F)F)CC(=O)O. The highest BCUT2D eigenvalue weighted by Gasteiger charge is 2.39. The van der Waals surface area contributed by atoms with Crippen LogP contribution in [0.3, 0.4) is 0 Å². The van der Waals surface area contributed by atoms with E-state index < -0.39 is 23.5 Å². The van der Waals surface area contributed by atoms with Gasteiger partial charge in [-0.05, 0) is 5.41 Å². The topological polar surface area (TPSA) is 66.4 Å². The molecule has 0 radical (unpaired) electrons. The van der Waals surface area contributed by atoms with E-state index in [-0.39, 0.29) is 13.0 Å². The molecule has 0 saturated carbocycles. The van der Waals surface area contributed by atoms with E-state index >= 15 is 0 Å². The van der Waals surface area contributed by atoms with Crippen LogP contribution in [0.4, 0.5) is 13.2 Å². The minimum atomic E-state index is -4.93. The Morgan fingerprint density at radius 1 is 1.27 bits per heavy atom. The van der Waals surface area contributed by atoms with Crippen LogP contribution in [0.5, 0.6) is 0 Å². The molecule has 0 aliphatic carbocycles. The molecule has 0 atom stereocenters. The van der Waals surface area contributed by atoms with Gasteiger partial charge in [0.05, 0.1) is 6.42 Å². The van der Waals surface area contributed by atoms with E-state index in [1.165, 1.54) is 13.8 Å². The maximum atomic E-state index is 11.8. The number of amides is 1. The lowest BCUT2D eigenvalue weighted by atomic mass is 9.89. The van der Waals surface area contributed by atoms with Gasteiger partial charge >= 0.3 is 18.1 Å². The van der Waals surface area contributed by atoms with Crippen LogP contribution in [0.2, 0.25) is 0 Å². The Morgan fingerprint density at radius 2 is 1.73 bits per heavy atom. The zero-order valence-corrected chi connectivity index (χ0v) is 8.31. The first-order valence-corrected chi connectivity index (χ1v) is 4.11. The summed E-state index contributed by atoms with van der Waals surface area (Å²) in [7, 11) is 0. The number of halogens is 3. The Morgan fingerprint density at radius 3 is 2.07 bits per heavy atom. The molecular formula is C8H12F3NO3. The van der Waals surface area contributed by atoms with Crippen LogP contribution in [0.1, 0.15) is 20.3 Å². The van der Waals surface area contributed by atoms with Crippen molar-refractivity contribution in [1.82, 2.24) is 5.32 Å². The fourth-order valence-electron chi connectivity index (χ4n) is 0.892. The summed E-state index contributed by atoms with van der Waals surface area (Å²) in [5.74, 6) is -3.18. The van der Waals surface area contributed by atoms with E-state index in [0.717, 1.165) is 0 Å². The summed E-state index contributed by atoms with van der Waals surface area (Å²) >= 11 is 0. The third kappa shape index (κ3) is 5.92. The van der Waals surface area contributed by atoms with Gasteiger partial charge in [-0.2, -0.15) is 13.2 Å². The first-order valence-electron chi connectivity index (χ1n) is 4.11. The van der Waals surface area contributed by atoms with Crippen LogP contribution in [0.15, 0.2) is 0 Å². The largest absolute Gasteiger partial charge is 0.481 e. The van der Waals surface area contributed by atoms with Gasteiger partial charge in [0.1, 0.15) is 0 Å². The predicted molar refractivity (Wildman–Crippen MR) is 45.1 cm³/mol. The average Bonchev–Trinajstić information content (AvgIpc) is 1.95. The summed E-state index contributed by atoms with van der Waals surface area (Å²) in [6, 6.07) is 0. The first-order chi connectivity index (χ1) is 6.54. The Balaban J connectivity index is 4.15. The third-order valence-corrected chi connectivity index (χ3v) is 1.61. The highest BCUT2D eigenvalue weighted by atomic mass is 19.4. The van der Waals surface area contributed by atoms with Crippen molar-refractivity contribution < 1.29 is 27.9 Å². The number of hydrogen-bond acceptors (Lipinski definition) is 2. The fraction of sp³-hybridized carbons (Fsp3) is 0.750. The van der Waals surface area contributed by atoms with Crippen molar-refractivity contribution in [1.29, 1.82) is 0 Å². The van der Waals surface area contributed by atoms with Crippen molar-refractivity contribution in [3.05, 3.63) is 0 Å². The van der Waals surface area contributed by atoms with Gasteiger partial charge in [-0.15, -0.1) is 0 Å². The molecule has 0 aliphatic rings. The number of carboxylic acid groups (broad SMARTS) is 1. The maximum absolute atomic E-state index is 11.8. The van der Waals surface area contributed by atoms with Crippen molar-refractivity contribution in [3.63, 3.8) is 0 Å². The molecule has 15 heavy (non-hydrogen) atoms. The molecule has 4 nitrogen and oxygen atoms in total. The van der Waals surface area contributed by atoms with Crippen LogP contribution in [-0.4, -0.2) is 29.7 Å². The van der Waals surface area contributed by atoms with Crippen molar-refractivity contribution in [3.8, 4) is 0 Å². The lowest BCUT2D eigenvalue weighted by Gasteiger charge is -2.22. The lowest BCUT2D eigenvalue weighted by molar-refractivity contribution is -0.174. The summed E-state index contributed by atoms with van der Waals surface area (Å²) in [6.45, 7) is 2.58. The Hall–Kier alpha value is -1.27. The lowest BCUT2D eigenvalue weighted by Crippen LogP contribution is -2.42.